The third kappa shape index (κ3) is 1.36. The summed E-state index contributed by atoms with van der Waals surface area (Å²) in [5.41, 5.74) is 5.84. The summed E-state index contributed by atoms with van der Waals surface area (Å²) in [5.74, 6) is -0.411. The summed E-state index contributed by atoms with van der Waals surface area (Å²) in [5, 5.41) is 8.50. The molecule has 0 fully saturated rings. The SMILES string of the molecule is N#Cc1cccc(F)c1CN. The number of nitrogens with two attached hydrogens (primary N) is 1. The van der Waals surface area contributed by atoms with E-state index in [9.17, 15) is 4.39 Å². The number of rotatable bonds is 1. The van der Waals surface area contributed by atoms with Gasteiger partial charge in [0.1, 0.15) is 5.82 Å². The van der Waals surface area contributed by atoms with Crippen molar-refractivity contribution in [3.63, 3.8) is 0 Å². The normalized spacial score (nSPS) is 9.18. The average Bonchev–Trinajstić information content (AvgIpc) is 2.04. The van der Waals surface area contributed by atoms with E-state index in [1.54, 1.807) is 6.07 Å². The monoisotopic (exact) mass is 150 g/mol. The molecule has 0 saturated heterocycles. The van der Waals surface area contributed by atoms with Crippen LogP contribution in [0, 0.1) is 17.1 Å². The van der Waals surface area contributed by atoms with Crippen LogP contribution in [-0.2, 0) is 6.54 Å². The van der Waals surface area contributed by atoms with Crippen LogP contribution >= 0.6 is 0 Å². The van der Waals surface area contributed by atoms with Gasteiger partial charge >= 0.3 is 0 Å². The quantitative estimate of drug-likeness (QED) is 0.653. The van der Waals surface area contributed by atoms with E-state index in [0.29, 0.717) is 5.56 Å². The third-order valence-corrected chi connectivity index (χ3v) is 1.44. The number of nitrogens with zero attached hydrogens (tertiary/aromatic N) is 1. The Morgan fingerprint density at radius 2 is 2.27 bits per heavy atom. The van der Waals surface area contributed by atoms with Gasteiger partial charge in [0.25, 0.3) is 0 Å². The number of nitriles is 1. The zero-order chi connectivity index (χ0) is 8.27. The van der Waals surface area contributed by atoms with Crippen LogP contribution in [0.15, 0.2) is 18.2 Å². The standard InChI is InChI=1S/C8H7FN2/c9-8-3-1-2-6(4-10)7(8)5-11/h1-3H,5,11H2. The number of halogens is 1. The molecule has 0 heterocycles. The summed E-state index contributed by atoms with van der Waals surface area (Å²) < 4.78 is 12.8. The van der Waals surface area contributed by atoms with E-state index >= 15 is 0 Å². The van der Waals surface area contributed by atoms with E-state index in [1.165, 1.54) is 12.1 Å². The lowest BCUT2D eigenvalue weighted by atomic mass is 10.1. The molecule has 0 aliphatic carbocycles. The molecule has 0 unspecified atom stereocenters. The lowest BCUT2D eigenvalue weighted by Gasteiger charge is -1.99. The maximum atomic E-state index is 12.8. The van der Waals surface area contributed by atoms with Crippen LogP contribution in [0.25, 0.3) is 0 Å². The van der Waals surface area contributed by atoms with E-state index in [2.05, 4.69) is 0 Å². The van der Waals surface area contributed by atoms with Crippen molar-refractivity contribution in [3.05, 3.63) is 35.1 Å². The third-order valence-electron chi connectivity index (χ3n) is 1.44. The molecule has 0 spiro atoms. The molecule has 0 atom stereocenters. The topological polar surface area (TPSA) is 49.8 Å². The fourth-order valence-corrected chi connectivity index (χ4v) is 0.871. The molecule has 2 N–H and O–H groups in total. The van der Waals surface area contributed by atoms with Gasteiger partial charge in [-0.25, -0.2) is 4.39 Å². The molecule has 1 aromatic carbocycles. The molecule has 0 amide bonds. The molecule has 0 bridgehead atoms. The van der Waals surface area contributed by atoms with Gasteiger partial charge in [0.05, 0.1) is 11.6 Å². The molecule has 1 aromatic rings. The Morgan fingerprint density at radius 1 is 1.55 bits per heavy atom. The second-order valence-corrected chi connectivity index (χ2v) is 2.08. The molecule has 3 heteroatoms. The van der Waals surface area contributed by atoms with Crippen LogP contribution in [0.2, 0.25) is 0 Å². The summed E-state index contributed by atoms with van der Waals surface area (Å²) >= 11 is 0. The smallest absolute Gasteiger partial charge is 0.129 e. The van der Waals surface area contributed by atoms with Crippen molar-refractivity contribution in [2.75, 3.05) is 0 Å². The van der Waals surface area contributed by atoms with Gasteiger partial charge in [-0.2, -0.15) is 5.26 Å². The molecular formula is C8H7FN2. The molecular weight excluding hydrogens is 143 g/mol. The highest BCUT2D eigenvalue weighted by molar-refractivity contribution is 5.38. The molecule has 2 nitrogen and oxygen atoms in total. The first-order chi connectivity index (χ1) is 5.29. The van der Waals surface area contributed by atoms with Gasteiger partial charge in [-0.1, -0.05) is 6.07 Å². The first-order valence-electron chi connectivity index (χ1n) is 3.17. The Hall–Kier alpha value is -1.40. The highest BCUT2D eigenvalue weighted by atomic mass is 19.1. The second kappa shape index (κ2) is 3.13. The van der Waals surface area contributed by atoms with Gasteiger partial charge in [-0.3, -0.25) is 0 Å². The lowest BCUT2D eigenvalue weighted by molar-refractivity contribution is 0.610. The fraction of sp³-hybridized carbons (Fsp3) is 0.125. The second-order valence-electron chi connectivity index (χ2n) is 2.08. The predicted octanol–water partition coefficient (Wildman–Crippen LogP) is 1.16. The van der Waals surface area contributed by atoms with Crippen LogP contribution in [0.5, 0.6) is 0 Å². The minimum atomic E-state index is -0.411. The van der Waals surface area contributed by atoms with Crippen molar-refractivity contribution in [3.8, 4) is 6.07 Å². The number of hydrogen-bond acceptors (Lipinski definition) is 2. The Morgan fingerprint density at radius 3 is 2.73 bits per heavy atom. The van der Waals surface area contributed by atoms with E-state index < -0.39 is 5.82 Å². The summed E-state index contributed by atoms with van der Waals surface area (Å²) in [7, 11) is 0. The van der Waals surface area contributed by atoms with Gasteiger partial charge in [0, 0.05) is 12.1 Å². The van der Waals surface area contributed by atoms with Crippen LogP contribution in [-0.4, -0.2) is 0 Å². The molecule has 0 radical (unpaired) electrons. The van der Waals surface area contributed by atoms with E-state index in [-0.39, 0.29) is 12.1 Å². The largest absolute Gasteiger partial charge is 0.326 e. The van der Waals surface area contributed by atoms with Crippen LogP contribution in [0.1, 0.15) is 11.1 Å². The Kier molecular flexibility index (Phi) is 2.19. The average molecular weight is 150 g/mol. The van der Waals surface area contributed by atoms with Gasteiger partial charge in [-0.05, 0) is 12.1 Å². The van der Waals surface area contributed by atoms with Gasteiger partial charge in [-0.15, -0.1) is 0 Å². The molecule has 0 saturated carbocycles. The first kappa shape index (κ1) is 7.70. The highest BCUT2D eigenvalue weighted by Crippen LogP contribution is 2.10. The van der Waals surface area contributed by atoms with Crippen molar-refractivity contribution >= 4 is 0 Å². The molecule has 56 valence electrons. The maximum Gasteiger partial charge on any atom is 0.129 e. The maximum absolute atomic E-state index is 12.8. The summed E-state index contributed by atoms with van der Waals surface area (Å²) in [6.45, 7) is 0.0650. The Bertz CT molecular complexity index is 301. The van der Waals surface area contributed by atoms with Crippen molar-refractivity contribution in [2.24, 2.45) is 5.73 Å². The first-order valence-corrected chi connectivity index (χ1v) is 3.17. The Balaban J connectivity index is 3.27. The fourth-order valence-electron chi connectivity index (χ4n) is 0.871. The van der Waals surface area contributed by atoms with E-state index in [0.717, 1.165) is 0 Å². The molecule has 0 aromatic heterocycles. The van der Waals surface area contributed by atoms with Gasteiger partial charge < -0.3 is 5.73 Å². The number of benzene rings is 1. The lowest BCUT2D eigenvalue weighted by Crippen LogP contribution is -2.02. The Labute approximate surface area is 64.1 Å². The van der Waals surface area contributed by atoms with Crippen molar-refractivity contribution < 1.29 is 4.39 Å². The molecule has 0 aliphatic heterocycles. The minimum Gasteiger partial charge on any atom is -0.326 e. The van der Waals surface area contributed by atoms with Crippen molar-refractivity contribution in [1.82, 2.24) is 0 Å². The van der Waals surface area contributed by atoms with Gasteiger partial charge in [0.2, 0.25) is 0 Å². The summed E-state index contributed by atoms with van der Waals surface area (Å²) in [6, 6.07) is 6.20. The summed E-state index contributed by atoms with van der Waals surface area (Å²) in [6.07, 6.45) is 0. The molecule has 1 rings (SSSR count). The van der Waals surface area contributed by atoms with E-state index in [4.69, 9.17) is 11.0 Å². The van der Waals surface area contributed by atoms with Crippen LogP contribution in [0.4, 0.5) is 4.39 Å². The van der Waals surface area contributed by atoms with Crippen molar-refractivity contribution in [1.29, 1.82) is 5.26 Å². The minimum absolute atomic E-state index is 0.0650. The molecule has 0 aliphatic rings. The summed E-state index contributed by atoms with van der Waals surface area (Å²) in [4.78, 5) is 0. The zero-order valence-corrected chi connectivity index (χ0v) is 5.84. The van der Waals surface area contributed by atoms with E-state index in [1.807, 2.05) is 6.07 Å². The van der Waals surface area contributed by atoms with Crippen LogP contribution in [0.3, 0.4) is 0 Å². The zero-order valence-electron chi connectivity index (χ0n) is 5.84. The highest BCUT2D eigenvalue weighted by Gasteiger charge is 2.04. The van der Waals surface area contributed by atoms with Crippen molar-refractivity contribution in [2.45, 2.75) is 6.54 Å². The van der Waals surface area contributed by atoms with Gasteiger partial charge in [0.15, 0.2) is 0 Å². The number of hydrogen-bond donors (Lipinski definition) is 1. The predicted molar refractivity (Wildman–Crippen MR) is 39.0 cm³/mol. The van der Waals surface area contributed by atoms with Crippen LogP contribution < -0.4 is 5.73 Å². The molecule has 11 heavy (non-hydrogen) atoms.